The molecule has 0 aromatic heterocycles. The third kappa shape index (κ3) is 6.57. The Balaban J connectivity index is 1.78. The number of anilines is 1. The Morgan fingerprint density at radius 1 is 0.909 bits per heavy atom. The van der Waals surface area contributed by atoms with Crippen LogP contribution in [0.2, 0.25) is 0 Å². The lowest BCUT2D eigenvalue weighted by Gasteiger charge is -2.19. The number of esters is 1. The van der Waals surface area contributed by atoms with E-state index >= 15 is 0 Å². The Morgan fingerprint density at radius 3 is 2.24 bits per heavy atom. The zero-order valence-corrected chi connectivity index (χ0v) is 18.1. The van der Waals surface area contributed by atoms with Gasteiger partial charge in [0.25, 0.3) is 5.91 Å². The van der Waals surface area contributed by atoms with E-state index in [2.05, 4.69) is 10.6 Å². The molecule has 8 nitrogen and oxygen atoms in total. The van der Waals surface area contributed by atoms with Gasteiger partial charge in [0.2, 0.25) is 6.10 Å². The maximum Gasteiger partial charge on any atom is 0.339 e. The zero-order chi connectivity index (χ0) is 23.6. The summed E-state index contributed by atoms with van der Waals surface area (Å²) in [7, 11) is 0. The number of urea groups is 1. The van der Waals surface area contributed by atoms with Crippen molar-refractivity contribution in [2.24, 2.45) is 5.73 Å². The molecule has 33 heavy (non-hydrogen) atoms. The van der Waals surface area contributed by atoms with Gasteiger partial charge in [-0.2, -0.15) is 0 Å². The van der Waals surface area contributed by atoms with Crippen molar-refractivity contribution in [3.63, 3.8) is 0 Å². The molecule has 1 atom stereocenters. The number of para-hydroxylation sites is 2. The highest BCUT2D eigenvalue weighted by Gasteiger charge is 2.26. The van der Waals surface area contributed by atoms with Gasteiger partial charge in [0.1, 0.15) is 5.75 Å². The molecule has 0 radical (unpaired) electrons. The van der Waals surface area contributed by atoms with E-state index in [1.807, 2.05) is 13.0 Å². The van der Waals surface area contributed by atoms with Crippen molar-refractivity contribution >= 4 is 23.6 Å². The molecule has 3 aromatic rings. The van der Waals surface area contributed by atoms with E-state index in [0.717, 1.165) is 5.56 Å². The maximum absolute atomic E-state index is 13.1. The second-order valence-electron chi connectivity index (χ2n) is 7.03. The van der Waals surface area contributed by atoms with Crippen LogP contribution in [0.4, 0.5) is 10.5 Å². The summed E-state index contributed by atoms with van der Waals surface area (Å²) in [4.78, 5) is 36.8. The van der Waals surface area contributed by atoms with Crippen LogP contribution in [0.15, 0.2) is 78.9 Å². The summed E-state index contributed by atoms with van der Waals surface area (Å²) >= 11 is 0. The molecule has 0 saturated carbocycles. The summed E-state index contributed by atoms with van der Waals surface area (Å²) in [6.45, 7) is 2.52. The molecular weight excluding hydrogens is 422 g/mol. The van der Waals surface area contributed by atoms with Crippen molar-refractivity contribution < 1.29 is 23.9 Å². The SMILES string of the molecule is CCOc1ccccc1NC(=O)C(OC(=O)c1ccc(CNC(N)=O)cc1)c1ccccc1. The Hall–Kier alpha value is -4.33. The van der Waals surface area contributed by atoms with E-state index in [4.69, 9.17) is 15.2 Å². The fourth-order valence-corrected chi connectivity index (χ4v) is 3.07. The third-order valence-corrected chi connectivity index (χ3v) is 4.67. The minimum atomic E-state index is -1.18. The quantitative estimate of drug-likeness (QED) is 0.431. The molecule has 0 bridgehead atoms. The number of amides is 3. The molecule has 0 heterocycles. The number of nitrogens with one attached hydrogen (secondary N) is 2. The summed E-state index contributed by atoms with van der Waals surface area (Å²) in [5.74, 6) is -0.651. The molecule has 0 spiro atoms. The average Bonchev–Trinajstić information content (AvgIpc) is 2.83. The highest BCUT2D eigenvalue weighted by Crippen LogP contribution is 2.27. The lowest BCUT2D eigenvalue weighted by molar-refractivity contribution is -0.125. The summed E-state index contributed by atoms with van der Waals surface area (Å²) in [6.07, 6.45) is -1.18. The molecular formula is C25H25N3O5. The van der Waals surface area contributed by atoms with Crippen LogP contribution in [0.3, 0.4) is 0 Å². The van der Waals surface area contributed by atoms with E-state index in [1.165, 1.54) is 0 Å². The van der Waals surface area contributed by atoms with Gasteiger partial charge < -0.3 is 25.8 Å². The molecule has 4 N–H and O–H groups in total. The van der Waals surface area contributed by atoms with Gasteiger partial charge in [-0.25, -0.2) is 9.59 Å². The minimum Gasteiger partial charge on any atom is -0.492 e. The Morgan fingerprint density at radius 2 is 1.58 bits per heavy atom. The van der Waals surface area contributed by atoms with Crippen molar-refractivity contribution in [2.45, 2.75) is 19.6 Å². The van der Waals surface area contributed by atoms with E-state index in [0.29, 0.717) is 23.6 Å². The van der Waals surface area contributed by atoms with Gasteiger partial charge in [-0.05, 0) is 36.8 Å². The van der Waals surface area contributed by atoms with Crippen LogP contribution in [0.5, 0.6) is 5.75 Å². The zero-order valence-electron chi connectivity index (χ0n) is 18.1. The molecule has 0 aliphatic carbocycles. The number of benzene rings is 3. The predicted octanol–water partition coefficient (Wildman–Crippen LogP) is 3.79. The van der Waals surface area contributed by atoms with E-state index < -0.39 is 24.0 Å². The number of ether oxygens (including phenoxy) is 2. The summed E-state index contributed by atoms with van der Waals surface area (Å²) in [6, 6.07) is 21.6. The van der Waals surface area contributed by atoms with Crippen molar-refractivity contribution in [1.29, 1.82) is 0 Å². The van der Waals surface area contributed by atoms with Crippen LogP contribution in [0.25, 0.3) is 0 Å². The van der Waals surface area contributed by atoms with Gasteiger partial charge >= 0.3 is 12.0 Å². The molecule has 3 amide bonds. The highest BCUT2D eigenvalue weighted by molar-refractivity contribution is 5.99. The van der Waals surface area contributed by atoms with E-state index in [1.54, 1.807) is 72.8 Å². The molecule has 0 aliphatic heterocycles. The van der Waals surface area contributed by atoms with Crippen LogP contribution in [-0.2, 0) is 16.1 Å². The number of hydrogen-bond acceptors (Lipinski definition) is 5. The van der Waals surface area contributed by atoms with Crippen LogP contribution >= 0.6 is 0 Å². The van der Waals surface area contributed by atoms with Crippen molar-refractivity contribution in [3.8, 4) is 5.75 Å². The Kier molecular flexibility index (Phi) is 8.02. The van der Waals surface area contributed by atoms with Gasteiger partial charge in [0, 0.05) is 12.1 Å². The summed E-state index contributed by atoms with van der Waals surface area (Å²) < 4.78 is 11.2. The fourth-order valence-electron chi connectivity index (χ4n) is 3.07. The monoisotopic (exact) mass is 447 g/mol. The van der Waals surface area contributed by atoms with Crippen molar-refractivity contribution in [3.05, 3.63) is 95.6 Å². The maximum atomic E-state index is 13.1. The first-order chi connectivity index (χ1) is 16.0. The molecule has 170 valence electrons. The molecule has 3 rings (SSSR count). The molecule has 0 saturated heterocycles. The first-order valence-electron chi connectivity index (χ1n) is 10.4. The number of carbonyl (C=O) groups is 3. The van der Waals surface area contributed by atoms with E-state index in [9.17, 15) is 14.4 Å². The lowest BCUT2D eigenvalue weighted by atomic mass is 10.1. The topological polar surface area (TPSA) is 120 Å². The van der Waals surface area contributed by atoms with Crippen LogP contribution < -0.4 is 21.1 Å². The molecule has 0 aliphatic rings. The summed E-state index contributed by atoms with van der Waals surface area (Å²) in [5.41, 5.74) is 7.10. The first-order valence-corrected chi connectivity index (χ1v) is 10.4. The number of rotatable bonds is 9. The second-order valence-corrected chi connectivity index (χ2v) is 7.03. The predicted molar refractivity (Wildman–Crippen MR) is 124 cm³/mol. The standard InChI is InChI=1S/C25H25N3O5/c1-2-32-21-11-7-6-10-20(21)28-23(29)22(18-8-4-3-5-9-18)33-24(30)19-14-12-17(13-15-19)16-27-25(26)31/h3-15,22H,2,16H2,1H3,(H,28,29)(H3,26,27,31). The fraction of sp³-hybridized carbons (Fsp3) is 0.160. The Bertz CT molecular complexity index is 1100. The minimum absolute atomic E-state index is 0.235. The molecule has 0 fully saturated rings. The Labute approximate surface area is 191 Å². The first kappa shape index (κ1) is 23.3. The van der Waals surface area contributed by atoms with Crippen LogP contribution in [0, 0.1) is 0 Å². The lowest BCUT2D eigenvalue weighted by Crippen LogP contribution is -2.28. The normalized spacial score (nSPS) is 11.2. The number of primary amides is 1. The molecule has 8 heteroatoms. The van der Waals surface area contributed by atoms with Gasteiger partial charge in [0.05, 0.1) is 17.9 Å². The highest BCUT2D eigenvalue weighted by atomic mass is 16.5. The second kappa shape index (κ2) is 11.3. The largest absolute Gasteiger partial charge is 0.492 e. The smallest absolute Gasteiger partial charge is 0.339 e. The van der Waals surface area contributed by atoms with Crippen molar-refractivity contribution in [1.82, 2.24) is 5.32 Å². The average molecular weight is 447 g/mol. The van der Waals surface area contributed by atoms with Crippen LogP contribution in [0.1, 0.15) is 34.5 Å². The third-order valence-electron chi connectivity index (χ3n) is 4.67. The van der Waals surface area contributed by atoms with Gasteiger partial charge in [-0.15, -0.1) is 0 Å². The number of hydrogen-bond donors (Lipinski definition) is 3. The molecule has 1 unspecified atom stereocenters. The number of carbonyl (C=O) groups excluding carboxylic acids is 3. The van der Waals surface area contributed by atoms with Gasteiger partial charge in [0.15, 0.2) is 0 Å². The number of nitrogens with two attached hydrogens (primary N) is 1. The van der Waals surface area contributed by atoms with E-state index in [-0.39, 0.29) is 12.1 Å². The van der Waals surface area contributed by atoms with Gasteiger partial charge in [-0.3, -0.25) is 4.79 Å². The van der Waals surface area contributed by atoms with Crippen LogP contribution in [-0.4, -0.2) is 24.5 Å². The molecule has 3 aromatic carbocycles. The van der Waals surface area contributed by atoms with Crippen molar-refractivity contribution in [2.75, 3.05) is 11.9 Å². The summed E-state index contributed by atoms with van der Waals surface area (Å²) in [5, 5.41) is 5.27. The van der Waals surface area contributed by atoms with Gasteiger partial charge in [-0.1, -0.05) is 54.6 Å².